The van der Waals surface area contributed by atoms with Gasteiger partial charge in [-0.15, -0.1) is 0 Å². The summed E-state index contributed by atoms with van der Waals surface area (Å²) in [5.41, 5.74) is 2.33. The van der Waals surface area contributed by atoms with Crippen molar-refractivity contribution in [1.29, 1.82) is 0 Å². The number of nitrogens with zero attached hydrogens (tertiary/aromatic N) is 1. The third kappa shape index (κ3) is 1.52. The monoisotopic (exact) mass is 325 g/mol. The number of piperidine rings is 1. The molecule has 3 fully saturated rings. The molecule has 1 aromatic carbocycles. The Hall–Kier alpha value is -1.55. The summed E-state index contributed by atoms with van der Waals surface area (Å²) in [5, 5.41) is 10.3. The van der Waals surface area contributed by atoms with E-state index in [4.69, 9.17) is 4.74 Å². The maximum absolute atomic E-state index is 12.7. The molecule has 2 saturated carbocycles. The number of aromatic hydroxyl groups is 1. The third-order valence-electron chi connectivity index (χ3n) is 7.41. The van der Waals surface area contributed by atoms with Crippen LogP contribution in [0, 0.1) is 11.8 Å². The number of phenols is 1. The molecule has 4 heteroatoms. The van der Waals surface area contributed by atoms with Gasteiger partial charge in [0.05, 0.1) is 0 Å². The molecule has 1 N–H and O–H groups in total. The standard InChI is InChI=1S/C20H23NO3/c22-15-5-3-12-9-14-13-4-6-16(23)19-20(13,17(12)18(15)24-19)7-8-21(14)10-11-1-2-11/h3,5,11,13-14,19,22H,1-2,4,6-10H2/t13?,14-,19+,20+/m0/s1. The van der Waals surface area contributed by atoms with E-state index in [1.165, 1.54) is 30.5 Å². The maximum atomic E-state index is 12.7. The lowest BCUT2D eigenvalue weighted by Gasteiger charge is -2.57. The predicted molar refractivity (Wildman–Crippen MR) is 88.3 cm³/mol. The van der Waals surface area contributed by atoms with E-state index in [0.29, 0.717) is 24.1 Å². The van der Waals surface area contributed by atoms with Gasteiger partial charge < -0.3 is 9.84 Å². The fourth-order valence-electron chi connectivity index (χ4n) is 6.27. The van der Waals surface area contributed by atoms with Crippen LogP contribution in [0.2, 0.25) is 0 Å². The summed E-state index contributed by atoms with van der Waals surface area (Å²) in [6.07, 6.45) is 6.08. The summed E-state index contributed by atoms with van der Waals surface area (Å²) in [7, 11) is 0. The second-order valence-corrected chi connectivity index (χ2v) is 8.56. The first-order valence-corrected chi connectivity index (χ1v) is 9.47. The first-order chi connectivity index (χ1) is 11.7. The Bertz CT molecular complexity index is 755. The zero-order chi connectivity index (χ0) is 16.1. The van der Waals surface area contributed by atoms with E-state index in [0.717, 1.165) is 31.7 Å². The Labute approximate surface area is 141 Å². The zero-order valence-corrected chi connectivity index (χ0v) is 13.8. The number of carbonyl (C=O) groups excluding carboxylic acids is 1. The lowest BCUT2D eigenvalue weighted by Crippen LogP contribution is -2.66. The highest BCUT2D eigenvalue weighted by Gasteiger charge is 2.65. The summed E-state index contributed by atoms with van der Waals surface area (Å²) in [5.74, 6) is 2.47. The van der Waals surface area contributed by atoms with Crippen molar-refractivity contribution >= 4 is 5.78 Å². The van der Waals surface area contributed by atoms with E-state index >= 15 is 0 Å². The highest BCUT2D eigenvalue weighted by Crippen LogP contribution is 2.63. The molecule has 2 heterocycles. The van der Waals surface area contributed by atoms with Crippen molar-refractivity contribution in [2.24, 2.45) is 11.8 Å². The minimum Gasteiger partial charge on any atom is -0.504 e. The quantitative estimate of drug-likeness (QED) is 0.907. The minimum atomic E-state index is -0.357. The molecule has 4 atom stereocenters. The average Bonchev–Trinajstić information content (AvgIpc) is 3.32. The molecule has 0 aromatic heterocycles. The third-order valence-corrected chi connectivity index (χ3v) is 7.41. The Morgan fingerprint density at radius 2 is 2.17 bits per heavy atom. The summed E-state index contributed by atoms with van der Waals surface area (Å²) in [6, 6.07) is 4.37. The number of ether oxygens (including phenoxy) is 1. The van der Waals surface area contributed by atoms with Gasteiger partial charge in [-0.25, -0.2) is 0 Å². The predicted octanol–water partition coefficient (Wildman–Crippen LogP) is 2.41. The number of Topliss-reactive ketones (excluding diaryl/α,β-unsaturated/α-hetero) is 1. The van der Waals surface area contributed by atoms with Gasteiger partial charge in [0.15, 0.2) is 23.4 Å². The van der Waals surface area contributed by atoms with Crippen molar-refractivity contribution in [1.82, 2.24) is 4.90 Å². The lowest BCUT2D eigenvalue weighted by molar-refractivity contribution is -0.138. The highest BCUT2D eigenvalue weighted by molar-refractivity contribution is 5.89. The topological polar surface area (TPSA) is 49.8 Å². The van der Waals surface area contributed by atoms with Crippen molar-refractivity contribution in [3.05, 3.63) is 23.3 Å². The molecule has 126 valence electrons. The molecule has 6 rings (SSSR count). The van der Waals surface area contributed by atoms with Crippen LogP contribution < -0.4 is 4.74 Å². The molecule has 1 spiro atoms. The maximum Gasteiger partial charge on any atom is 0.174 e. The van der Waals surface area contributed by atoms with Crippen molar-refractivity contribution in [2.45, 2.75) is 56.1 Å². The van der Waals surface area contributed by atoms with Crippen LogP contribution in [0.3, 0.4) is 0 Å². The Morgan fingerprint density at radius 1 is 1.29 bits per heavy atom. The summed E-state index contributed by atoms with van der Waals surface area (Å²) in [6.45, 7) is 2.30. The van der Waals surface area contributed by atoms with Crippen LogP contribution in [0.15, 0.2) is 12.1 Å². The number of benzene rings is 1. The van der Waals surface area contributed by atoms with Crippen molar-refractivity contribution < 1.29 is 14.6 Å². The van der Waals surface area contributed by atoms with Gasteiger partial charge in [-0.05, 0) is 62.1 Å². The molecule has 0 amide bonds. The number of rotatable bonds is 2. The molecule has 4 nitrogen and oxygen atoms in total. The van der Waals surface area contributed by atoms with Gasteiger partial charge in [-0.1, -0.05) is 6.07 Å². The van der Waals surface area contributed by atoms with Crippen LogP contribution in [-0.2, 0) is 16.6 Å². The van der Waals surface area contributed by atoms with Crippen LogP contribution in [0.1, 0.15) is 43.2 Å². The summed E-state index contributed by atoms with van der Waals surface area (Å²) in [4.78, 5) is 15.4. The normalized spacial score (nSPS) is 39.5. The number of hydrogen-bond donors (Lipinski definition) is 1. The number of likely N-dealkylation sites (tertiary alicyclic amines) is 1. The van der Waals surface area contributed by atoms with Gasteiger partial charge in [0, 0.05) is 30.0 Å². The van der Waals surface area contributed by atoms with Gasteiger partial charge >= 0.3 is 0 Å². The molecular formula is C20H23NO3. The molecule has 2 bridgehead atoms. The highest BCUT2D eigenvalue weighted by atomic mass is 16.5. The minimum absolute atomic E-state index is 0.165. The van der Waals surface area contributed by atoms with Crippen molar-refractivity contribution in [3.8, 4) is 11.5 Å². The largest absolute Gasteiger partial charge is 0.504 e. The molecular weight excluding hydrogens is 302 g/mol. The van der Waals surface area contributed by atoms with Gasteiger partial charge in [-0.2, -0.15) is 0 Å². The SMILES string of the molecule is O=C1CCC2[C@@H]3Cc4ccc(O)c5c4[C@]2(CCN3CC2CC2)[C@@H]1O5. The molecule has 1 aromatic rings. The van der Waals surface area contributed by atoms with Gasteiger partial charge in [-0.3, -0.25) is 9.69 Å². The fourth-order valence-corrected chi connectivity index (χ4v) is 6.27. The van der Waals surface area contributed by atoms with Gasteiger partial charge in [0.25, 0.3) is 0 Å². The second-order valence-electron chi connectivity index (χ2n) is 8.56. The number of hydrogen-bond acceptors (Lipinski definition) is 4. The van der Waals surface area contributed by atoms with Crippen LogP contribution in [0.4, 0.5) is 0 Å². The van der Waals surface area contributed by atoms with Gasteiger partial charge in [0.2, 0.25) is 0 Å². The molecule has 3 aliphatic carbocycles. The molecule has 1 unspecified atom stereocenters. The van der Waals surface area contributed by atoms with E-state index in [-0.39, 0.29) is 23.1 Å². The first-order valence-electron chi connectivity index (χ1n) is 9.47. The molecule has 2 aliphatic heterocycles. The Balaban J connectivity index is 1.53. The number of carbonyl (C=O) groups is 1. The fraction of sp³-hybridized carbons (Fsp3) is 0.650. The van der Waals surface area contributed by atoms with E-state index in [1.54, 1.807) is 6.07 Å². The van der Waals surface area contributed by atoms with E-state index in [1.807, 2.05) is 0 Å². The van der Waals surface area contributed by atoms with Crippen LogP contribution >= 0.6 is 0 Å². The average molecular weight is 325 g/mol. The molecule has 24 heavy (non-hydrogen) atoms. The number of ketones is 1. The Kier molecular flexibility index (Phi) is 2.48. The summed E-state index contributed by atoms with van der Waals surface area (Å²) < 4.78 is 6.13. The second kappa shape index (κ2) is 4.34. The van der Waals surface area contributed by atoms with E-state index < -0.39 is 0 Å². The molecule has 0 radical (unpaired) electrons. The smallest absolute Gasteiger partial charge is 0.174 e. The zero-order valence-electron chi connectivity index (χ0n) is 13.8. The molecule has 1 saturated heterocycles. The van der Waals surface area contributed by atoms with Crippen molar-refractivity contribution in [2.75, 3.05) is 13.1 Å². The number of phenolic OH excluding ortho intramolecular Hbond substituents is 1. The van der Waals surface area contributed by atoms with E-state index in [9.17, 15) is 9.90 Å². The van der Waals surface area contributed by atoms with Crippen LogP contribution in [0.5, 0.6) is 11.5 Å². The lowest BCUT2D eigenvalue weighted by atomic mass is 9.51. The van der Waals surface area contributed by atoms with Crippen LogP contribution in [0.25, 0.3) is 0 Å². The molecule has 5 aliphatic rings. The van der Waals surface area contributed by atoms with Crippen LogP contribution in [-0.4, -0.2) is 41.0 Å². The Morgan fingerprint density at radius 3 is 3.00 bits per heavy atom. The summed E-state index contributed by atoms with van der Waals surface area (Å²) >= 11 is 0. The van der Waals surface area contributed by atoms with Gasteiger partial charge in [0.1, 0.15) is 0 Å². The van der Waals surface area contributed by atoms with E-state index in [2.05, 4.69) is 11.0 Å². The van der Waals surface area contributed by atoms with Crippen molar-refractivity contribution in [3.63, 3.8) is 0 Å². The first kappa shape index (κ1) is 13.7.